The third kappa shape index (κ3) is 3.58. The Kier molecular flexibility index (Phi) is 5.04. The molecular weight excluding hydrogens is 411 g/mol. The molecule has 4 atom stereocenters. The highest BCUT2D eigenvalue weighted by Gasteiger charge is 2.49. The number of halogens is 2. The van der Waals surface area contributed by atoms with Crippen LogP contribution >= 0.6 is 0 Å². The van der Waals surface area contributed by atoms with Gasteiger partial charge in [0.15, 0.2) is 0 Å². The van der Waals surface area contributed by atoms with Crippen LogP contribution in [0.1, 0.15) is 31.7 Å². The summed E-state index contributed by atoms with van der Waals surface area (Å²) in [5, 5.41) is 17.4. The van der Waals surface area contributed by atoms with Gasteiger partial charge in [0.25, 0.3) is 0 Å². The van der Waals surface area contributed by atoms with Crippen LogP contribution in [0.3, 0.4) is 0 Å². The number of nitrogens with one attached hydrogen (secondary N) is 3. The van der Waals surface area contributed by atoms with Crippen molar-refractivity contribution in [2.75, 3.05) is 0 Å². The predicted octanol–water partition coefficient (Wildman–Crippen LogP) is 3.14. The van der Waals surface area contributed by atoms with Gasteiger partial charge in [0.1, 0.15) is 11.5 Å². The van der Waals surface area contributed by atoms with E-state index in [9.17, 15) is 8.78 Å². The molecule has 4 unspecified atom stereocenters. The number of hydrogen-bond acceptors (Lipinski definition) is 5. The van der Waals surface area contributed by atoms with Gasteiger partial charge in [-0.2, -0.15) is 10.2 Å². The number of nitrogens with two attached hydrogens (primary N) is 2. The van der Waals surface area contributed by atoms with Crippen LogP contribution in [-0.2, 0) is 0 Å². The second-order valence-electron chi connectivity index (χ2n) is 9.02. The summed E-state index contributed by atoms with van der Waals surface area (Å²) in [6, 6.07) is 1.22. The number of aromatic nitrogens is 4. The first kappa shape index (κ1) is 20.8. The fraction of sp³-hybridized carbons (Fsp3) is 0.364. The smallest absolute Gasteiger partial charge is 0.209 e. The highest BCUT2D eigenvalue weighted by molar-refractivity contribution is 6.35. The van der Waals surface area contributed by atoms with Gasteiger partial charge >= 0.3 is 0 Å². The van der Waals surface area contributed by atoms with Crippen molar-refractivity contribution in [1.29, 1.82) is 0 Å². The van der Waals surface area contributed by atoms with Crippen molar-refractivity contribution in [2.24, 2.45) is 17.4 Å². The van der Waals surface area contributed by atoms with E-state index in [1.165, 1.54) is 6.07 Å². The highest BCUT2D eigenvalue weighted by Crippen LogP contribution is 2.47. The number of alkyl halides is 1. The second-order valence-corrected chi connectivity index (χ2v) is 9.02. The lowest BCUT2D eigenvalue weighted by atomic mass is 9.51. The van der Waals surface area contributed by atoms with Gasteiger partial charge in [-0.25, -0.2) is 8.78 Å². The Morgan fingerprint density at radius 1 is 1.31 bits per heavy atom. The van der Waals surface area contributed by atoms with Crippen molar-refractivity contribution in [3.8, 4) is 11.1 Å². The first-order chi connectivity index (χ1) is 15.3. The predicted molar refractivity (Wildman–Crippen MR) is 121 cm³/mol. The van der Waals surface area contributed by atoms with Crippen molar-refractivity contribution in [3.05, 3.63) is 53.9 Å². The fourth-order valence-electron chi connectivity index (χ4n) is 5.05. The molecule has 1 radical (unpaired) electrons. The molecule has 3 fully saturated rings. The molecule has 3 aromatic rings. The van der Waals surface area contributed by atoms with Gasteiger partial charge in [-0.05, 0) is 56.1 Å². The molecule has 4 heterocycles. The van der Waals surface area contributed by atoms with E-state index in [4.69, 9.17) is 11.5 Å². The summed E-state index contributed by atoms with van der Waals surface area (Å²) >= 11 is 0. The van der Waals surface area contributed by atoms with E-state index in [1.807, 2.05) is 7.41 Å². The largest absolute Gasteiger partial charge is 0.402 e. The molecule has 2 aliphatic heterocycles. The Morgan fingerprint density at radius 3 is 2.84 bits per heavy atom. The van der Waals surface area contributed by atoms with Crippen molar-refractivity contribution in [3.63, 3.8) is 0 Å². The van der Waals surface area contributed by atoms with E-state index in [-0.39, 0.29) is 11.9 Å². The Hall–Kier alpha value is -3.14. The molecule has 2 aromatic heterocycles. The molecule has 7 N–H and O–H groups in total. The van der Waals surface area contributed by atoms with Crippen molar-refractivity contribution in [1.82, 2.24) is 25.6 Å². The lowest BCUT2D eigenvalue weighted by Crippen LogP contribution is -2.60. The quantitative estimate of drug-likeness (QED) is 0.311. The lowest BCUT2D eigenvalue weighted by molar-refractivity contribution is 0.0542. The summed E-state index contributed by atoms with van der Waals surface area (Å²) < 4.78 is 29.6. The second kappa shape index (κ2) is 7.77. The first-order valence-corrected chi connectivity index (χ1v) is 10.7. The molecule has 2 bridgehead atoms. The molecule has 32 heavy (non-hydrogen) atoms. The molecule has 7 nitrogen and oxygen atoms in total. The van der Waals surface area contributed by atoms with Crippen LogP contribution in [0.25, 0.3) is 27.7 Å². The third-order valence-electron chi connectivity index (χ3n) is 6.78. The molecule has 10 heteroatoms. The Bertz CT molecular complexity index is 1200. The summed E-state index contributed by atoms with van der Waals surface area (Å²) in [6.45, 7) is 1.66. The molecule has 165 valence electrons. The Labute approximate surface area is 185 Å². The van der Waals surface area contributed by atoms with Crippen LogP contribution in [0.15, 0.2) is 42.5 Å². The summed E-state index contributed by atoms with van der Waals surface area (Å²) in [4.78, 5) is 0. The number of allylic oxidation sites excluding steroid dienone is 3. The van der Waals surface area contributed by atoms with Gasteiger partial charge in [-0.15, -0.1) is 0 Å². The van der Waals surface area contributed by atoms with Crippen LogP contribution in [0.5, 0.6) is 0 Å². The molecule has 0 amide bonds. The number of rotatable bonds is 5. The van der Waals surface area contributed by atoms with Gasteiger partial charge in [0.05, 0.1) is 17.9 Å². The minimum absolute atomic E-state index is 0.150. The van der Waals surface area contributed by atoms with Crippen molar-refractivity contribution in [2.45, 2.75) is 43.7 Å². The zero-order valence-corrected chi connectivity index (χ0v) is 17.7. The van der Waals surface area contributed by atoms with Crippen LogP contribution < -0.4 is 16.7 Å². The highest BCUT2D eigenvalue weighted by atomic mass is 19.1. The van der Waals surface area contributed by atoms with Gasteiger partial charge in [-0.1, -0.05) is 0 Å². The molecule has 1 aliphatic carbocycles. The summed E-state index contributed by atoms with van der Waals surface area (Å²) in [5.74, 6) is 0.0264. The minimum Gasteiger partial charge on any atom is -0.402 e. The molecule has 6 rings (SSSR count). The van der Waals surface area contributed by atoms with Gasteiger partial charge < -0.3 is 16.7 Å². The van der Waals surface area contributed by atoms with Crippen LogP contribution in [0, 0.1) is 11.7 Å². The number of benzene rings is 1. The Morgan fingerprint density at radius 2 is 2.16 bits per heavy atom. The SMILES string of the molecule is CC1(F)CC2[B]NC1CC2C/C(N)=C/C=C(\N)c1cc(F)c(-c2cn[nH]c2)c2cn[nH]c12. The van der Waals surface area contributed by atoms with E-state index in [1.54, 1.807) is 37.7 Å². The third-order valence-corrected chi connectivity index (χ3v) is 6.78. The van der Waals surface area contributed by atoms with Gasteiger partial charge in [0.2, 0.25) is 7.41 Å². The van der Waals surface area contributed by atoms with E-state index < -0.39 is 11.5 Å². The summed E-state index contributed by atoms with van der Waals surface area (Å²) in [5.41, 5.74) is 14.6. The summed E-state index contributed by atoms with van der Waals surface area (Å²) in [7, 11) is 2.01. The van der Waals surface area contributed by atoms with E-state index in [0.29, 0.717) is 57.7 Å². The van der Waals surface area contributed by atoms with Gasteiger partial charge in [0, 0.05) is 45.7 Å². The zero-order valence-electron chi connectivity index (χ0n) is 17.7. The standard InChI is InChI=1S/C22H25BF2N7/c1-22(25)7-16-11(5-19(22)31-23-16)4-13(26)2-3-18(27)14-6-17(24)20(12-8-28-29-9-12)15-10-30-32-21(14)15/h2-3,6,8-11,16,19,31H,4-5,7,26-27H2,1H3,(H,28,29)(H,30,32)/b13-2-,18-3-. The van der Waals surface area contributed by atoms with Crippen LogP contribution in [-0.4, -0.2) is 39.5 Å². The van der Waals surface area contributed by atoms with Crippen molar-refractivity contribution >= 4 is 24.0 Å². The Balaban J connectivity index is 1.38. The average molecular weight is 436 g/mol. The maximum absolute atomic E-state index is 15.0. The van der Waals surface area contributed by atoms with Crippen LogP contribution in [0.4, 0.5) is 8.78 Å². The topological polar surface area (TPSA) is 121 Å². The fourth-order valence-corrected chi connectivity index (χ4v) is 5.05. The monoisotopic (exact) mass is 436 g/mol. The van der Waals surface area contributed by atoms with E-state index >= 15 is 0 Å². The normalized spacial score (nSPS) is 28.3. The minimum atomic E-state index is -1.18. The first-order valence-electron chi connectivity index (χ1n) is 10.7. The maximum atomic E-state index is 15.0. The number of hydrogen-bond donors (Lipinski definition) is 5. The zero-order chi connectivity index (χ0) is 22.5. The molecule has 1 saturated carbocycles. The molecule has 1 aromatic carbocycles. The number of H-pyrrole nitrogens is 2. The number of aromatic amines is 2. The van der Waals surface area contributed by atoms with E-state index in [2.05, 4.69) is 25.6 Å². The number of nitrogens with zero attached hydrogens (tertiary/aromatic N) is 2. The molecule has 2 saturated heterocycles. The number of fused-ring (bicyclic) bond motifs is 4. The van der Waals surface area contributed by atoms with Gasteiger partial charge in [-0.3, -0.25) is 10.2 Å². The lowest BCUT2D eigenvalue weighted by Gasteiger charge is -2.49. The van der Waals surface area contributed by atoms with Crippen molar-refractivity contribution < 1.29 is 8.78 Å². The van der Waals surface area contributed by atoms with Crippen LogP contribution in [0.2, 0.25) is 5.82 Å². The average Bonchev–Trinajstić information content (AvgIpc) is 3.44. The summed E-state index contributed by atoms with van der Waals surface area (Å²) in [6.07, 6.45) is 10.1. The molecule has 0 spiro atoms. The molecular formula is C22H25BF2N7. The van der Waals surface area contributed by atoms with E-state index in [0.717, 1.165) is 6.42 Å². The molecule has 3 aliphatic rings. The maximum Gasteiger partial charge on any atom is 0.209 e.